The van der Waals surface area contributed by atoms with Gasteiger partial charge in [-0.15, -0.1) is 0 Å². The van der Waals surface area contributed by atoms with Gasteiger partial charge in [0.15, 0.2) is 5.58 Å². The van der Waals surface area contributed by atoms with E-state index in [1.54, 1.807) is 12.1 Å². The number of nitrogens with zero attached hydrogens (tertiary/aromatic N) is 2. The van der Waals surface area contributed by atoms with E-state index in [0.29, 0.717) is 29.1 Å². The number of rotatable bonds is 3. The van der Waals surface area contributed by atoms with Gasteiger partial charge in [-0.3, -0.25) is 14.2 Å². The van der Waals surface area contributed by atoms with Gasteiger partial charge in [0.05, 0.1) is 5.52 Å². The summed E-state index contributed by atoms with van der Waals surface area (Å²) in [7, 11) is 0. The number of likely N-dealkylation sites (tertiary alicyclic amines) is 1. The largest absolute Gasteiger partial charge is 0.480 e. The maximum absolute atomic E-state index is 12.2. The van der Waals surface area contributed by atoms with Gasteiger partial charge in [-0.05, 0) is 18.6 Å². The minimum absolute atomic E-state index is 0.294. The first-order valence-corrected chi connectivity index (χ1v) is 6.66. The van der Waals surface area contributed by atoms with E-state index in [1.807, 2.05) is 0 Å². The SMILES string of the molecule is O=C(O)CN1CCC(n2c(=O)oc3cc(Cl)ccc32)C1=O. The van der Waals surface area contributed by atoms with Crippen molar-refractivity contribution in [3.63, 3.8) is 0 Å². The third-order valence-corrected chi connectivity index (χ3v) is 3.72. The number of amides is 1. The molecular weight excluding hydrogens is 300 g/mol. The molecule has 1 saturated heterocycles. The minimum atomic E-state index is -1.08. The highest BCUT2D eigenvalue weighted by Gasteiger charge is 2.36. The number of benzene rings is 1. The molecule has 1 aliphatic heterocycles. The molecule has 0 saturated carbocycles. The molecule has 1 aromatic carbocycles. The molecule has 1 aliphatic rings. The van der Waals surface area contributed by atoms with Crippen LogP contribution in [0.5, 0.6) is 0 Å². The van der Waals surface area contributed by atoms with Gasteiger partial charge in [0.1, 0.15) is 12.6 Å². The molecule has 110 valence electrons. The molecule has 0 spiro atoms. The Morgan fingerprint density at radius 1 is 1.43 bits per heavy atom. The molecular formula is C13H11ClN2O5. The maximum Gasteiger partial charge on any atom is 0.420 e. The maximum atomic E-state index is 12.2. The van der Waals surface area contributed by atoms with Crippen molar-refractivity contribution in [3.05, 3.63) is 33.8 Å². The first-order valence-electron chi connectivity index (χ1n) is 6.28. The third kappa shape index (κ3) is 2.29. The van der Waals surface area contributed by atoms with E-state index in [9.17, 15) is 14.4 Å². The molecule has 1 aromatic heterocycles. The fourth-order valence-electron chi connectivity index (χ4n) is 2.59. The van der Waals surface area contributed by atoms with Crippen molar-refractivity contribution in [2.24, 2.45) is 0 Å². The average Bonchev–Trinajstić information content (AvgIpc) is 2.89. The highest BCUT2D eigenvalue weighted by Crippen LogP contribution is 2.27. The number of hydrogen-bond donors (Lipinski definition) is 1. The van der Waals surface area contributed by atoms with Crippen LogP contribution in [0.1, 0.15) is 12.5 Å². The lowest BCUT2D eigenvalue weighted by Gasteiger charge is -2.14. The molecule has 21 heavy (non-hydrogen) atoms. The highest BCUT2D eigenvalue weighted by atomic mass is 35.5. The molecule has 1 atom stereocenters. The van der Waals surface area contributed by atoms with Crippen LogP contribution in [0, 0.1) is 0 Å². The molecule has 7 nitrogen and oxygen atoms in total. The standard InChI is InChI=1S/C13H11ClN2O5/c14-7-1-2-8-10(5-7)21-13(20)16(8)9-3-4-15(12(9)19)6-11(17)18/h1-2,5,9H,3-4,6H2,(H,17,18). The van der Waals surface area contributed by atoms with E-state index in [1.165, 1.54) is 15.5 Å². The quantitative estimate of drug-likeness (QED) is 0.916. The van der Waals surface area contributed by atoms with Crippen molar-refractivity contribution in [3.8, 4) is 0 Å². The van der Waals surface area contributed by atoms with Crippen LogP contribution in [-0.2, 0) is 9.59 Å². The van der Waals surface area contributed by atoms with Gasteiger partial charge < -0.3 is 14.4 Å². The van der Waals surface area contributed by atoms with Gasteiger partial charge in [0.2, 0.25) is 5.91 Å². The predicted molar refractivity (Wildman–Crippen MR) is 73.4 cm³/mol. The lowest BCUT2D eigenvalue weighted by molar-refractivity contribution is -0.143. The van der Waals surface area contributed by atoms with Crippen molar-refractivity contribution >= 4 is 34.6 Å². The Morgan fingerprint density at radius 2 is 2.19 bits per heavy atom. The van der Waals surface area contributed by atoms with Crippen LogP contribution in [-0.4, -0.2) is 39.5 Å². The van der Waals surface area contributed by atoms with E-state index in [-0.39, 0.29) is 6.54 Å². The second-order valence-electron chi connectivity index (χ2n) is 4.81. The summed E-state index contributed by atoms with van der Waals surface area (Å²) in [5, 5.41) is 9.19. The summed E-state index contributed by atoms with van der Waals surface area (Å²) >= 11 is 5.84. The zero-order valence-corrected chi connectivity index (χ0v) is 11.5. The zero-order valence-electron chi connectivity index (χ0n) is 10.8. The topological polar surface area (TPSA) is 92.8 Å². The predicted octanol–water partition coefficient (Wildman–Crippen LogP) is 1.11. The van der Waals surface area contributed by atoms with E-state index in [4.69, 9.17) is 21.1 Å². The van der Waals surface area contributed by atoms with Crippen LogP contribution < -0.4 is 5.76 Å². The fourth-order valence-corrected chi connectivity index (χ4v) is 2.75. The van der Waals surface area contributed by atoms with Crippen LogP contribution in [0.15, 0.2) is 27.4 Å². The molecule has 3 rings (SSSR count). The number of aromatic nitrogens is 1. The number of oxazole rings is 1. The van der Waals surface area contributed by atoms with Crippen molar-refractivity contribution in [1.29, 1.82) is 0 Å². The zero-order chi connectivity index (χ0) is 15.1. The second-order valence-corrected chi connectivity index (χ2v) is 5.24. The van der Waals surface area contributed by atoms with Gasteiger partial charge in [-0.25, -0.2) is 4.79 Å². The first kappa shape index (κ1) is 13.7. The fraction of sp³-hybridized carbons (Fsp3) is 0.308. The molecule has 1 amide bonds. The smallest absolute Gasteiger partial charge is 0.420 e. The second kappa shape index (κ2) is 4.92. The van der Waals surface area contributed by atoms with Crippen LogP contribution in [0.3, 0.4) is 0 Å². The first-order chi connectivity index (χ1) is 9.97. The Bertz CT molecular complexity index is 793. The lowest BCUT2D eigenvalue weighted by Crippen LogP contribution is -2.34. The molecule has 0 bridgehead atoms. The Morgan fingerprint density at radius 3 is 2.90 bits per heavy atom. The van der Waals surface area contributed by atoms with Crippen LogP contribution in [0.25, 0.3) is 11.1 Å². The monoisotopic (exact) mass is 310 g/mol. The van der Waals surface area contributed by atoms with Gasteiger partial charge in [-0.2, -0.15) is 0 Å². The van der Waals surface area contributed by atoms with Crippen molar-refractivity contribution < 1.29 is 19.1 Å². The summed E-state index contributed by atoms with van der Waals surface area (Å²) in [6, 6.07) is 3.97. The number of carbonyl (C=O) groups excluding carboxylic acids is 1. The minimum Gasteiger partial charge on any atom is -0.480 e. The Labute approximate surface area is 123 Å². The number of carboxylic acid groups (broad SMARTS) is 1. The van der Waals surface area contributed by atoms with Crippen LogP contribution in [0.4, 0.5) is 0 Å². The molecule has 2 aromatic rings. The third-order valence-electron chi connectivity index (χ3n) is 3.48. The molecule has 8 heteroatoms. The molecule has 1 unspecified atom stereocenters. The van der Waals surface area contributed by atoms with Gasteiger partial charge in [0.25, 0.3) is 0 Å². The molecule has 1 fully saturated rings. The summed E-state index contributed by atoms with van der Waals surface area (Å²) in [6.45, 7) is -0.0752. The summed E-state index contributed by atoms with van der Waals surface area (Å²) in [5.41, 5.74) is 0.775. The number of carbonyl (C=O) groups is 2. The Kier molecular flexibility index (Phi) is 3.21. The number of aliphatic carboxylic acids is 1. The molecule has 2 heterocycles. The van der Waals surface area contributed by atoms with Crippen LogP contribution in [0.2, 0.25) is 5.02 Å². The van der Waals surface area contributed by atoms with Crippen molar-refractivity contribution in [2.75, 3.05) is 13.1 Å². The van der Waals surface area contributed by atoms with E-state index >= 15 is 0 Å². The number of fused-ring (bicyclic) bond motifs is 1. The summed E-state index contributed by atoms with van der Waals surface area (Å²) in [4.78, 5) is 36.1. The van der Waals surface area contributed by atoms with Crippen molar-refractivity contribution in [2.45, 2.75) is 12.5 Å². The van der Waals surface area contributed by atoms with E-state index in [0.717, 1.165) is 0 Å². The molecule has 1 N–H and O–H groups in total. The van der Waals surface area contributed by atoms with Crippen molar-refractivity contribution in [1.82, 2.24) is 9.47 Å². The van der Waals surface area contributed by atoms with Gasteiger partial charge in [-0.1, -0.05) is 11.6 Å². The van der Waals surface area contributed by atoms with Gasteiger partial charge in [0, 0.05) is 17.6 Å². The Hall–Kier alpha value is -2.28. The molecule has 0 aliphatic carbocycles. The summed E-state index contributed by atoms with van der Waals surface area (Å²) < 4.78 is 6.35. The number of hydrogen-bond acceptors (Lipinski definition) is 4. The average molecular weight is 311 g/mol. The van der Waals surface area contributed by atoms with Gasteiger partial charge >= 0.3 is 11.7 Å². The summed E-state index contributed by atoms with van der Waals surface area (Å²) in [6.07, 6.45) is 0.364. The normalized spacial score (nSPS) is 18.6. The van der Waals surface area contributed by atoms with Crippen LogP contribution >= 0.6 is 11.6 Å². The van der Waals surface area contributed by atoms with E-state index < -0.39 is 23.7 Å². The highest BCUT2D eigenvalue weighted by molar-refractivity contribution is 6.31. The molecule has 0 radical (unpaired) electrons. The Balaban J connectivity index is 2.02. The number of halogens is 1. The van der Waals surface area contributed by atoms with E-state index in [2.05, 4.69) is 0 Å². The number of carboxylic acids is 1. The lowest BCUT2D eigenvalue weighted by atomic mass is 10.2. The summed E-state index contributed by atoms with van der Waals surface area (Å²) in [5.74, 6) is -2.12.